The third-order valence-corrected chi connectivity index (χ3v) is 8.50. The molecule has 1 aromatic heterocycles. The number of aromatic nitrogens is 1. The molecular formula is C31H30ClN3O2S. The van der Waals surface area contributed by atoms with E-state index in [1.807, 2.05) is 70.9 Å². The van der Waals surface area contributed by atoms with Crippen LogP contribution < -0.4 is 5.32 Å². The molecule has 2 heterocycles. The van der Waals surface area contributed by atoms with E-state index < -0.39 is 0 Å². The summed E-state index contributed by atoms with van der Waals surface area (Å²) >= 11 is 7.76. The highest BCUT2D eigenvalue weighted by molar-refractivity contribution is 7.09. The van der Waals surface area contributed by atoms with Crippen molar-refractivity contribution in [3.05, 3.63) is 123 Å². The fraction of sp³-hybridized carbons (Fsp3) is 0.258. The second kappa shape index (κ2) is 12.4. The predicted molar refractivity (Wildman–Crippen MR) is 153 cm³/mol. The Kier molecular flexibility index (Phi) is 8.51. The number of hydrogen-bond donors (Lipinski definition) is 1. The Hall–Kier alpha value is -3.48. The molecule has 1 N–H and O–H groups in total. The first-order valence-electron chi connectivity index (χ1n) is 12.9. The van der Waals surface area contributed by atoms with Crippen LogP contribution >= 0.6 is 22.9 Å². The Morgan fingerprint density at radius 2 is 1.53 bits per heavy atom. The van der Waals surface area contributed by atoms with E-state index in [0.29, 0.717) is 36.8 Å². The van der Waals surface area contributed by atoms with E-state index in [1.165, 1.54) is 11.3 Å². The van der Waals surface area contributed by atoms with Crippen molar-refractivity contribution < 1.29 is 9.59 Å². The van der Waals surface area contributed by atoms with Gasteiger partial charge in [-0.15, -0.1) is 11.3 Å². The van der Waals surface area contributed by atoms with Gasteiger partial charge in [-0.1, -0.05) is 90.5 Å². The Labute approximate surface area is 232 Å². The summed E-state index contributed by atoms with van der Waals surface area (Å²) in [6.45, 7) is 1.86. The van der Waals surface area contributed by atoms with Crippen molar-refractivity contribution in [2.24, 2.45) is 0 Å². The van der Waals surface area contributed by atoms with Gasteiger partial charge in [0.05, 0.1) is 11.4 Å². The molecule has 0 bridgehead atoms. The molecule has 0 unspecified atom stereocenters. The van der Waals surface area contributed by atoms with E-state index >= 15 is 0 Å². The van der Waals surface area contributed by atoms with Crippen molar-refractivity contribution in [3.63, 3.8) is 0 Å². The Balaban J connectivity index is 1.16. The van der Waals surface area contributed by atoms with E-state index in [2.05, 4.69) is 29.6 Å². The van der Waals surface area contributed by atoms with E-state index in [9.17, 15) is 9.59 Å². The molecule has 1 saturated heterocycles. The summed E-state index contributed by atoms with van der Waals surface area (Å²) in [7, 11) is 0. The van der Waals surface area contributed by atoms with Crippen LogP contribution in [0.15, 0.2) is 90.3 Å². The summed E-state index contributed by atoms with van der Waals surface area (Å²) < 4.78 is 0. The number of likely N-dealkylation sites (tertiary alicyclic amines) is 1. The number of thiazole rings is 1. The number of piperidine rings is 1. The van der Waals surface area contributed by atoms with Crippen molar-refractivity contribution in [3.8, 4) is 0 Å². The number of nitrogens with one attached hydrogen (secondary N) is 1. The first kappa shape index (κ1) is 26.1. The Morgan fingerprint density at radius 1 is 0.921 bits per heavy atom. The molecule has 2 amide bonds. The van der Waals surface area contributed by atoms with Crippen LogP contribution in [0, 0.1) is 0 Å². The predicted octanol–water partition coefficient (Wildman–Crippen LogP) is 6.31. The summed E-state index contributed by atoms with van der Waals surface area (Å²) in [6.07, 6.45) is 2.00. The maximum Gasteiger partial charge on any atom is 0.270 e. The fourth-order valence-electron chi connectivity index (χ4n) is 4.96. The highest BCUT2D eigenvalue weighted by atomic mass is 35.5. The molecule has 0 spiro atoms. The largest absolute Gasteiger partial charge is 0.350 e. The third kappa shape index (κ3) is 6.32. The molecule has 38 heavy (non-hydrogen) atoms. The number of benzene rings is 3. The average molecular weight is 544 g/mol. The van der Waals surface area contributed by atoms with Crippen molar-refractivity contribution in [2.75, 3.05) is 19.6 Å². The molecule has 7 heteroatoms. The Bertz CT molecular complexity index is 1330. The lowest BCUT2D eigenvalue weighted by Crippen LogP contribution is -2.38. The van der Waals surface area contributed by atoms with Crippen molar-refractivity contribution >= 4 is 34.8 Å². The van der Waals surface area contributed by atoms with Crippen LogP contribution in [0.3, 0.4) is 0 Å². The minimum atomic E-state index is -0.156. The van der Waals surface area contributed by atoms with Gasteiger partial charge in [-0.05, 0) is 35.6 Å². The summed E-state index contributed by atoms with van der Waals surface area (Å²) in [4.78, 5) is 32.4. The number of rotatable bonds is 8. The van der Waals surface area contributed by atoms with Crippen molar-refractivity contribution in [1.82, 2.24) is 15.2 Å². The van der Waals surface area contributed by atoms with Crippen LogP contribution in [0.1, 0.15) is 56.9 Å². The molecule has 0 radical (unpaired) electrons. The maximum absolute atomic E-state index is 13.0. The summed E-state index contributed by atoms with van der Waals surface area (Å²) in [5.74, 6) is 0.262. The topological polar surface area (TPSA) is 62.3 Å². The molecule has 3 aromatic carbocycles. The standard InChI is InChI=1S/C31H30ClN3O2S/c32-27-14-8-7-13-25(27)19-29(36)35-17-15-24(16-18-35)31-34-28(21-38-31)30(37)33-20-26(22-9-3-1-4-10-22)23-11-5-2-6-12-23/h1-14,21,24,26H,15-20H2,(H,33,37). The lowest BCUT2D eigenvalue weighted by atomic mass is 9.91. The highest BCUT2D eigenvalue weighted by Crippen LogP contribution is 2.31. The molecule has 0 atom stereocenters. The molecular weight excluding hydrogens is 514 g/mol. The minimum absolute atomic E-state index is 0.0621. The number of amides is 2. The SMILES string of the molecule is O=C(NCC(c1ccccc1)c1ccccc1)c1csc(C2CCN(C(=O)Cc3ccccc3Cl)CC2)n1. The van der Waals surface area contributed by atoms with Gasteiger partial charge in [0.25, 0.3) is 5.91 Å². The number of carbonyl (C=O) groups is 2. The number of halogens is 1. The molecule has 5 nitrogen and oxygen atoms in total. The normalized spacial score (nSPS) is 14.0. The third-order valence-electron chi connectivity index (χ3n) is 7.12. The smallest absolute Gasteiger partial charge is 0.270 e. The molecule has 194 valence electrons. The lowest BCUT2D eigenvalue weighted by Gasteiger charge is -2.31. The molecule has 4 aromatic rings. The summed E-state index contributed by atoms with van der Waals surface area (Å²) in [5, 5.41) is 6.55. The van der Waals surface area contributed by atoms with Crippen LogP contribution in [0.4, 0.5) is 0 Å². The highest BCUT2D eigenvalue weighted by Gasteiger charge is 2.27. The zero-order chi connectivity index (χ0) is 26.3. The van der Waals surface area contributed by atoms with Crippen LogP contribution in [-0.4, -0.2) is 41.3 Å². The van der Waals surface area contributed by atoms with Crippen LogP contribution in [0.2, 0.25) is 5.02 Å². The molecule has 1 aliphatic heterocycles. The van der Waals surface area contributed by atoms with Gasteiger partial charge in [-0.25, -0.2) is 4.98 Å². The van der Waals surface area contributed by atoms with Gasteiger partial charge >= 0.3 is 0 Å². The van der Waals surface area contributed by atoms with Gasteiger partial charge in [-0.3, -0.25) is 9.59 Å². The van der Waals surface area contributed by atoms with E-state index in [1.54, 1.807) is 0 Å². The van der Waals surface area contributed by atoms with Crippen molar-refractivity contribution in [1.29, 1.82) is 0 Å². The quantitative estimate of drug-likeness (QED) is 0.283. The maximum atomic E-state index is 13.0. The second-order valence-electron chi connectivity index (χ2n) is 9.58. The first-order valence-corrected chi connectivity index (χ1v) is 14.2. The average Bonchev–Trinajstić information content (AvgIpc) is 3.46. The zero-order valence-electron chi connectivity index (χ0n) is 21.1. The van der Waals surface area contributed by atoms with E-state index in [0.717, 1.165) is 34.5 Å². The molecule has 1 fully saturated rings. The van der Waals surface area contributed by atoms with Crippen LogP contribution in [0.25, 0.3) is 0 Å². The van der Waals surface area contributed by atoms with Crippen LogP contribution in [-0.2, 0) is 11.2 Å². The van der Waals surface area contributed by atoms with Gasteiger partial charge in [0.15, 0.2) is 0 Å². The van der Waals surface area contributed by atoms with Crippen LogP contribution in [0.5, 0.6) is 0 Å². The summed E-state index contributed by atoms with van der Waals surface area (Å²) in [5.41, 5.74) is 3.64. The van der Waals surface area contributed by atoms with Gasteiger partial charge in [0.2, 0.25) is 5.91 Å². The lowest BCUT2D eigenvalue weighted by molar-refractivity contribution is -0.131. The van der Waals surface area contributed by atoms with Crippen molar-refractivity contribution in [2.45, 2.75) is 31.1 Å². The molecule has 0 aliphatic carbocycles. The van der Waals surface area contributed by atoms with Gasteiger partial charge in [0.1, 0.15) is 5.69 Å². The monoisotopic (exact) mass is 543 g/mol. The van der Waals surface area contributed by atoms with Gasteiger partial charge in [0, 0.05) is 41.9 Å². The van der Waals surface area contributed by atoms with Gasteiger partial charge < -0.3 is 10.2 Å². The second-order valence-corrected chi connectivity index (χ2v) is 10.9. The number of carbonyl (C=O) groups excluding carboxylic acids is 2. The zero-order valence-corrected chi connectivity index (χ0v) is 22.6. The fourth-order valence-corrected chi connectivity index (χ4v) is 6.13. The van der Waals surface area contributed by atoms with E-state index in [-0.39, 0.29) is 23.7 Å². The number of hydrogen-bond acceptors (Lipinski definition) is 4. The first-order chi connectivity index (χ1) is 18.6. The Morgan fingerprint density at radius 3 is 2.16 bits per heavy atom. The summed E-state index contributed by atoms with van der Waals surface area (Å²) in [6, 6.07) is 28.0. The molecule has 0 saturated carbocycles. The molecule has 1 aliphatic rings. The van der Waals surface area contributed by atoms with Gasteiger partial charge in [-0.2, -0.15) is 0 Å². The molecule has 5 rings (SSSR count). The number of nitrogens with zero attached hydrogens (tertiary/aromatic N) is 2. The minimum Gasteiger partial charge on any atom is -0.350 e. The van der Waals surface area contributed by atoms with E-state index in [4.69, 9.17) is 16.6 Å².